The van der Waals surface area contributed by atoms with E-state index >= 15 is 0 Å². The molecule has 48 heavy (non-hydrogen) atoms. The molecule has 12 nitrogen and oxygen atoms in total. The third kappa shape index (κ3) is 6.60. The number of fused-ring (bicyclic) bond motifs is 2. The van der Waals surface area contributed by atoms with E-state index < -0.39 is 0 Å². The van der Waals surface area contributed by atoms with Crippen LogP contribution in [-0.2, 0) is 28.9 Å². The largest absolute Gasteiger partial charge is 0.332 e. The van der Waals surface area contributed by atoms with Crippen LogP contribution in [0.3, 0.4) is 0 Å². The quantitative estimate of drug-likeness (QED) is 0.299. The molecule has 12 heteroatoms. The number of hydrogen-bond donors (Lipinski definition) is 2. The predicted molar refractivity (Wildman–Crippen MR) is 178 cm³/mol. The number of amides is 2. The lowest BCUT2D eigenvalue weighted by Crippen LogP contribution is -2.25. The Morgan fingerprint density at radius 1 is 0.708 bits per heavy atom. The SMILES string of the molecule is N#CN1CC[C@H](C(=O)Nc2cn(C3CCc4ccccc43)cn2)C1.N#CN1CC[C@H](C(=O)Nc2cn(C3Cc4ccccc4C3)cn2)C1. The average molecular weight is 643 g/mol. The highest BCUT2D eigenvalue weighted by Crippen LogP contribution is 2.34. The minimum absolute atomic E-state index is 0.0484. The Bertz CT molecular complexity index is 1860. The number of nitrogens with zero attached hydrogens (tertiary/aromatic N) is 8. The highest BCUT2D eigenvalue weighted by atomic mass is 16.2. The molecular weight excluding hydrogens is 604 g/mol. The highest BCUT2D eigenvalue weighted by molar-refractivity contribution is 5.92. The first-order chi connectivity index (χ1) is 23.5. The minimum Gasteiger partial charge on any atom is -0.332 e. The number of hydrogen-bond acceptors (Lipinski definition) is 8. The summed E-state index contributed by atoms with van der Waals surface area (Å²) in [6.07, 6.45) is 17.2. The molecule has 8 rings (SSSR count). The fourth-order valence-electron chi connectivity index (χ4n) is 7.35. The summed E-state index contributed by atoms with van der Waals surface area (Å²) in [6, 6.07) is 17.6. The lowest BCUT2D eigenvalue weighted by atomic mass is 10.1. The Morgan fingerprint density at radius 3 is 1.79 bits per heavy atom. The van der Waals surface area contributed by atoms with Gasteiger partial charge in [0.25, 0.3) is 0 Å². The maximum absolute atomic E-state index is 12.3. The van der Waals surface area contributed by atoms with Crippen LogP contribution in [-0.4, -0.2) is 66.9 Å². The van der Waals surface area contributed by atoms with Crippen LogP contribution in [0, 0.1) is 34.7 Å². The summed E-state index contributed by atoms with van der Waals surface area (Å²) < 4.78 is 4.17. The van der Waals surface area contributed by atoms with Gasteiger partial charge in [-0.2, -0.15) is 10.5 Å². The fraction of sp³-hybridized carbons (Fsp3) is 0.389. The molecule has 4 aliphatic rings. The van der Waals surface area contributed by atoms with Crippen LogP contribution >= 0.6 is 0 Å². The number of aryl methyl sites for hydroxylation is 1. The second-order valence-corrected chi connectivity index (χ2v) is 13.0. The van der Waals surface area contributed by atoms with Gasteiger partial charge in [0.05, 0.1) is 30.5 Å². The van der Waals surface area contributed by atoms with Gasteiger partial charge in [0.2, 0.25) is 11.8 Å². The first-order valence-corrected chi connectivity index (χ1v) is 16.6. The van der Waals surface area contributed by atoms with Crippen LogP contribution in [0.1, 0.15) is 53.6 Å². The van der Waals surface area contributed by atoms with E-state index in [9.17, 15) is 9.59 Å². The Hall–Kier alpha value is -5.62. The number of aromatic nitrogens is 4. The molecule has 0 radical (unpaired) electrons. The third-order valence-corrected chi connectivity index (χ3v) is 10.0. The zero-order chi connectivity index (χ0) is 33.0. The molecule has 244 valence electrons. The molecule has 2 fully saturated rings. The number of likely N-dealkylation sites (tertiary alicyclic amines) is 2. The summed E-state index contributed by atoms with van der Waals surface area (Å²) in [7, 11) is 0. The summed E-state index contributed by atoms with van der Waals surface area (Å²) >= 11 is 0. The zero-order valence-corrected chi connectivity index (χ0v) is 26.7. The Morgan fingerprint density at radius 2 is 1.23 bits per heavy atom. The maximum Gasteiger partial charge on any atom is 0.230 e. The number of nitrogens with one attached hydrogen (secondary N) is 2. The Labute approximate surface area is 279 Å². The summed E-state index contributed by atoms with van der Waals surface area (Å²) in [5.41, 5.74) is 5.52. The molecule has 0 saturated carbocycles. The van der Waals surface area contributed by atoms with Crippen molar-refractivity contribution < 1.29 is 9.59 Å². The van der Waals surface area contributed by atoms with Crippen LogP contribution in [0.25, 0.3) is 0 Å². The van der Waals surface area contributed by atoms with Gasteiger partial charge in [-0.15, -0.1) is 0 Å². The number of benzene rings is 2. The standard InChI is InChI=1S/2C18H19N5O/c19-11-22-6-5-15(9-22)18(24)21-17-10-23(12-20-17)16-7-13-3-1-2-4-14(13)8-16;19-11-22-8-7-14(9-22)18(24)21-17-10-23(12-20-17)16-6-5-13-3-1-2-4-15(13)16/h1-4,10,12,15-16H,5-9H2,(H,21,24);1-4,10,12,14,16H,5-9H2,(H,21,24)/t15-;14-,16?/m00/s1. The molecule has 2 saturated heterocycles. The lowest BCUT2D eigenvalue weighted by molar-refractivity contribution is -0.120. The Balaban J connectivity index is 0.000000152. The van der Waals surface area contributed by atoms with E-state index in [0.717, 1.165) is 38.5 Å². The van der Waals surface area contributed by atoms with Gasteiger partial charge in [-0.1, -0.05) is 48.5 Å². The molecule has 2 aliphatic carbocycles. The maximum atomic E-state index is 12.3. The lowest BCUT2D eigenvalue weighted by Gasteiger charge is -2.13. The van der Waals surface area contributed by atoms with Gasteiger partial charge in [-0.25, -0.2) is 9.97 Å². The molecule has 0 spiro atoms. The van der Waals surface area contributed by atoms with Crippen molar-refractivity contribution in [2.45, 2.75) is 50.6 Å². The number of anilines is 2. The van der Waals surface area contributed by atoms with Crippen molar-refractivity contribution >= 4 is 23.5 Å². The highest BCUT2D eigenvalue weighted by Gasteiger charge is 2.30. The third-order valence-electron chi connectivity index (χ3n) is 10.0. The van der Waals surface area contributed by atoms with Gasteiger partial charge < -0.3 is 29.6 Å². The van der Waals surface area contributed by atoms with Crippen molar-refractivity contribution in [3.8, 4) is 12.4 Å². The van der Waals surface area contributed by atoms with E-state index in [-0.39, 0.29) is 23.7 Å². The summed E-state index contributed by atoms with van der Waals surface area (Å²) in [6.45, 7) is 2.31. The monoisotopic (exact) mass is 642 g/mol. The van der Waals surface area contributed by atoms with Crippen LogP contribution in [0.4, 0.5) is 11.6 Å². The first-order valence-electron chi connectivity index (χ1n) is 16.6. The molecule has 0 bridgehead atoms. The number of carbonyl (C=O) groups is 2. The number of imidazole rings is 2. The molecular formula is C36H38N10O2. The van der Waals surface area contributed by atoms with Crippen LogP contribution in [0.2, 0.25) is 0 Å². The number of nitriles is 2. The molecule has 2 aromatic heterocycles. The fourth-order valence-corrected chi connectivity index (χ4v) is 7.35. The summed E-state index contributed by atoms with van der Waals surface area (Å²) in [5, 5.41) is 23.5. The second-order valence-electron chi connectivity index (χ2n) is 13.0. The van der Waals surface area contributed by atoms with Gasteiger partial charge in [-0.3, -0.25) is 9.59 Å². The van der Waals surface area contributed by atoms with Crippen molar-refractivity contribution in [1.82, 2.24) is 28.9 Å². The zero-order valence-electron chi connectivity index (χ0n) is 26.7. The molecule has 1 unspecified atom stereocenters. The van der Waals surface area contributed by atoms with E-state index in [0.29, 0.717) is 49.9 Å². The van der Waals surface area contributed by atoms with Crippen molar-refractivity contribution in [3.05, 3.63) is 95.8 Å². The summed E-state index contributed by atoms with van der Waals surface area (Å²) in [5.74, 6) is 0.802. The normalized spacial score (nSPS) is 21.1. The van der Waals surface area contributed by atoms with Crippen molar-refractivity contribution in [2.75, 3.05) is 36.8 Å². The van der Waals surface area contributed by atoms with Crippen LogP contribution in [0.5, 0.6) is 0 Å². The van der Waals surface area contributed by atoms with Crippen LogP contribution in [0.15, 0.2) is 73.6 Å². The topological polar surface area (TPSA) is 148 Å². The Kier molecular flexibility index (Phi) is 8.80. The predicted octanol–water partition coefficient (Wildman–Crippen LogP) is 4.12. The van der Waals surface area contributed by atoms with Gasteiger partial charge in [0.1, 0.15) is 0 Å². The van der Waals surface area contributed by atoms with E-state index in [1.807, 2.05) is 12.4 Å². The van der Waals surface area contributed by atoms with E-state index in [4.69, 9.17) is 10.5 Å². The van der Waals surface area contributed by atoms with E-state index in [2.05, 4.69) is 90.7 Å². The molecule has 3 atom stereocenters. The molecule has 2 aromatic carbocycles. The van der Waals surface area contributed by atoms with Crippen LogP contribution < -0.4 is 10.6 Å². The van der Waals surface area contributed by atoms with Gasteiger partial charge in [-0.05, 0) is 60.8 Å². The second kappa shape index (κ2) is 13.6. The number of rotatable bonds is 6. The van der Waals surface area contributed by atoms with E-state index in [1.165, 1.54) is 22.3 Å². The van der Waals surface area contributed by atoms with Crippen molar-refractivity contribution in [2.24, 2.45) is 11.8 Å². The molecule has 2 amide bonds. The van der Waals surface area contributed by atoms with Crippen molar-refractivity contribution in [1.29, 1.82) is 10.5 Å². The molecule has 2 N–H and O–H groups in total. The van der Waals surface area contributed by atoms with E-state index in [1.54, 1.807) is 22.5 Å². The molecule has 4 aromatic rings. The van der Waals surface area contributed by atoms with Crippen molar-refractivity contribution in [3.63, 3.8) is 0 Å². The molecule has 2 aliphatic heterocycles. The van der Waals surface area contributed by atoms with Gasteiger partial charge >= 0.3 is 0 Å². The summed E-state index contributed by atoms with van der Waals surface area (Å²) in [4.78, 5) is 36.5. The minimum atomic E-state index is -0.137. The van der Waals surface area contributed by atoms with Gasteiger partial charge in [0, 0.05) is 44.6 Å². The average Bonchev–Trinajstić information content (AvgIpc) is 3.96. The first kappa shape index (κ1) is 31.0. The smallest absolute Gasteiger partial charge is 0.230 e. The number of carbonyl (C=O) groups excluding carboxylic acids is 2. The van der Waals surface area contributed by atoms with Gasteiger partial charge in [0.15, 0.2) is 24.0 Å². The molecule has 4 heterocycles.